The molecule has 178 valence electrons. The van der Waals surface area contributed by atoms with Crippen LogP contribution < -0.4 is 5.43 Å². The molecule has 3 aromatic rings. The highest BCUT2D eigenvalue weighted by atomic mass is 16.5. The highest BCUT2D eigenvalue weighted by Gasteiger charge is 2.29. The number of amides is 1. The van der Waals surface area contributed by atoms with Crippen molar-refractivity contribution in [2.75, 3.05) is 19.8 Å². The maximum Gasteiger partial charge on any atom is 0.329 e. The van der Waals surface area contributed by atoms with Crippen molar-refractivity contribution in [2.24, 2.45) is 0 Å². The smallest absolute Gasteiger partial charge is 0.329 e. The Kier molecular flexibility index (Phi) is 7.09. The third-order valence-electron chi connectivity index (χ3n) is 6.12. The molecule has 0 saturated carbocycles. The largest absolute Gasteiger partial charge is 0.480 e. The van der Waals surface area contributed by atoms with Gasteiger partial charge in [0.05, 0.1) is 24.0 Å². The molecule has 1 aromatic heterocycles. The van der Waals surface area contributed by atoms with Crippen molar-refractivity contribution in [1.82, 2.24) is 20.2 Å². The van der Waals surface area contributed by atoms with E-state index in [-0.39, 0.29) is 25.2 Å². The fourth-order valence-corrected chi connectivity index (χ4v) is 4.49. The Morgan fingerprint density at radius 1 is 1.15 bits per heavy atom. The Balaban J connectivity index is 1.65. The fraction of sp³-hybridized carbons (Fsp3) is 0.346. The molecular formula is C26H30N4O4. The standard InChI is InChI=1S/C26H30N4O4/c1-17-11-12-22(18(2)14-17)30-25(20-8-5-4-6-9-20)19(3)24(27-30)26(33)28-29-13-7-10-21(29)15-34-16-23(31)32/h4-6,8-9,11-12,14,21H,7,10,13,15-16H2,1-3H3,(H,28,33)(H,31,32). The van der Waals surface area contributed by atoms with Gasteiger partial charge in [-0.15, -0.1) is 0 Å². The zero-order valence-electron chi connectivity index (χ0n) is 19.7. The van der Waals surface area contributed by atoms with Crippen LogP contribution in [0.3, 0.4) is 0 Å². The number of ether oxygens (including phenoxy) is 1. The molecule has 0 radical (unpaired) electrons. The number of carboxylic acid groups (broad SMARTS) is 1. The second kappa shape index (κ2) is 10.2. The molecule has 2 aromatic carbocycles. The van der Waals surface area contributed by atoms with Crippen molar-refractivity contribution in [1.29, 1.82) is 0 Å². The molecule has 4 rings (SSSR count). The van der Waals surface area contributed by atoms with Gasteiger partial charge in [-0.3, -0.25) is 10.2 Å². The summed E-state index contributed by atoms with van der Waals surface area (Å²) >= 11 is 0. The first-order chi connectivity index (χ1) is 16.3. The molecule has 0 aliphatic carbocycles. The second-order valence-electron chi connectivity index (χ2n) is 8.73. The Morgan fingerprint density at radius 3 is 2.62 bits per heavy atom. The van der Waals surface area contributed by atoms with Crippen LogP contribution in [0.5, 0.6) is 0 Å². The molecule has 34 heavy (non-hydrogen) atoms. The number of aryl methyl sites for hydroxylation is 2. The molecule has 2 heterocycles. The van der Waals surface area contributed by atoms with E-state index in [0.717, 1.165) is 46.5 Å². The van der Waals surface area contributed by atoms with E-state index in [0.29, 0.717) is 12.2 Å². The number of carboxylic acids is 1. The molecule has 1 atom stereocenters. The molecule has 8 nitrogen and oxygen atoms in total. The molecule has 1 aliphatic rings. The number of rotatable bonds is 8. The SMILES string of the molecule is Cc1ccc(-n2nc(C(=O)NN3CCCC3COCC(=O)O)c(C)c2-c2ccccc2)c(C)c1. The number of aliphatic carboxylic acids is 1. The van der Waals surface area contributed by atoms with E-state index in [1.165, 1.54) is 0 Å². The highest BCUT2D eigenvalue weighted by molar-refractivity contribution is 5.95. The first-order valence-electron chi connectivity index (χ1n) is 11.4. The summed E-state index contributed by atoms with van der Waals surface area (Å²) in [5.41, 5.74) is 9.14. The molecule has 1 amide bonds. The van der Waals surface area contributed by atoms with Gasteiger partial charge in [-0.2, -0.15) is 5.10 Å². The van der Waals surface area contributed by atoms with Crippen LogP contribution >= 0.6 is 0 Å². The number of hydrazine groups is 1. The summed E-state index contributed by atoms with van der Waals surface area (Å²) < 4.78 is 7.12. The number of hydrogen-bond acceptors (Lipinski definition) is 5. The lowest BCUT2D eigenvalue weighted by Gasteiger charge is -2.24. The Bertz CT molecular complexity index is 1190. The van der Waals surface area contributed by atoms with Crippen LogP contribution in [0.1, 0.15) is 40.0 Å². The number of hydrogen-bond donors (Lipinski definition) is 2. The van der Waals surface area contributed by atoms with E-state index < -0.39 is 5.97 Å². The summed E-state index contributed by atoms with van der Waals surface area (Å²) in [5, 5.41) is 15.4. The molecule has 1 saturated heterocycles. The van der Waals surface area contributed by atoms with Gasteiger partial charge in [0.2, 0.25) is 0 Å². The minimum absolute atomic E-state index is 0.0707. The van der Waals surface area contributed by atoms with Crippen molar-refractivity contribution in [3.8, 4) is 16.9 Å². The lowest BCUT2D eigenvalue weighted by molar-refractivity contribution is -0.142. The molecule has 8 heteroatoms. The van der Waals surface area contributed by atoms with Gasteiger partial charge in [0.15, 0.2) is 5.69 Å². The van der Waals surface area contributed by atoms with Gasteiger partial charge in [-0.1, -0.05) is 48.0 Å². The average Bonchev–Trinajstić information content (AvgIpc) is 3.38. The normalized spacial score (nSPS) is 16.0. The lowest BCUT2D eigenvalue weighted by Crippen LogP contribution is -2.47. The molecular weight excluding hydrogens is 432 g/mol. The van der Waals surface area contributed by atoms with E-state index in [1.807, 2.05) is 66.0 Å². The first-order valence-corrected chi connectivity index (χ1v) is 11.4. The Labute approximate surface area is 199 Å². The summed E-state index contributed by atoms with van der Waals surface area (Å²) in [6, 6.07) is 16.0. The van der Waals surface area contributed by atoms with Crippen LogP contribution in [0.2, 0.25) is 0 Å². The van der Waals surface area contributed by atoms with Crippen LogP contribution in [0, 0.1) is 20.8 Å². The number of aromatic nitrogens is 2. The van der Waals surface area contributed by atoms with Gasteiger partial charge in [0.25, 0.3) is 5.91 Å². The monoisotopic (exact) mass is 462 g/mol. The van der Waals surface area contributed by atoms with E-state index in [1.54, 1.807) is 0 Å². The number of nitrogens with one attached hydrogen (secondary N) is 1. The molecule has 2 N–H and O–H groups in total. The van der Waals surface area contributed by atoms with E-state index >= 15 is 0 Å². The van der Waals surface area contributed by atoms with Crippen molar-refractivity contribution < 1.29 is 19.4 Å². The zero-order chi connectivity index (χ0) is 24.2. The van der Waals surface area contributed by atoms with Gasteiger partial charge < -0.3 is 9.84 Å². The number of carbonyl (C=O) groups is 2. The quantitative estimate of drug-likeness (QED) is 0.530. The van der Waals surface area contributed by atoms with Crippen molar-refractivity contribution >= 4 is 11.9 Å². The Hall–Kier alpha value is -3.49. The maximum absolute atomic E-state index is 13.4. The van der Waals surface area contributed by atoms with Gasteiger partial charge in [0.1, 0.15) is 6.61 Å². The molecule has 1 fully saturated rings. The van der Waals surface area contributed by atoms with Crippen LogP contribution in [-0.2, 0) is 9.53 Å². The fourth-order valence-electron chi connectivity index (χ4n) is 4.49. The number of benzene rings is 2. The summed E-state index contributed by atoms with van der Waals surface area (Å²) in [7, 11) is 0. The third kappa shape index (κ3) is 5.03. The van der Waals surface area contributed by atoms with Crippen LogP contribution in [0.4, 0.5) is 0 Å². The second-order valence-corrected chi connectivity index (χ2v) is 8.73. The van der Waals surface area contributed by atoms with E-state index in [4.69, 9.17) is 14.9 Å². The van der Waals surface area contributed by atoms with Crippen LogP contribution in [0.25, 0.3) is 16.9 Å². The number of carbonyl (C=O) groups excluding carboxylic acids is 1. The summed E-state index contributed by atoms with van der Waals surface area (Å²) in [6.45, 7) is 6.58. The number of nitrogens with zero attached hydrogens (tertiary/aromatic N) is 3. The lowest BCUT2D eigenvalue weighted by atomic mass is 10.1. The van der Waals surface area contributed by atoms with Crippen LogP contribution in [0.15, 0.2) is 48.5 Å². The predicted octanol–water partition coefficient (Wildman–Crippen LogP) is 3.67. The Morgan fingerprint density at radius 2 is 1.91 bits per heavy atom. The molecule has 1 aliphatic heterocycles. The van der Waals surface area contributed by atoms with Gasteiger partial charge >= 0.3 is 5.97 Å². The topological polar surface area (TPSA) is 96.7 Å². The van der Waals surface area contributed by atoms with Gasteiger partial charge in [-0.25, -0.2) is 14.5 Å². The predicted molar refractivity (Wildman–Crippen MR) is 129 cm³/mol. The summed E-state index contributed by atoms with van der Waals surface area (Å²) in [4.78, 5) is 24.1. The molecule has 0 spiro atoms. The summed E-state index contributed by atoms with van der Waals surface area (Å²) in [5.74, 6) is -1.29. The maximum atomic E-state index is 13.4. The van der Waals surface area contributed by atoms with Crippen molar-refractivity contribution in [3.63, 3.8) is 0 Å². The third-order valence-corrected chi connectivity index (χ3v) is 6.12. The minimum Gasteiger partial charge on any atom is -0.480 e. The minimum atomic E-state index is -1.01. The molecule has 0 bridgehead atoms. The van der Waals surface area contributed by atoms with Crippen LogP contribution in [-0.4, -0.2) is 57.6 Å². The summed E-state index contributed by atoms with van der Waals surface area (Å²) in [6.07, 6.45) is 1.72. The average molecular weight is 463 g/mol. The highest BCUT2D eigenvalue weighted by Crippen LogP contribution is 2.30. The van der Waals surface area contributed by atoms with E-state index in [2.05, 4.69) is 18.4 Å². The van der Waals surface area contributed by atoms with Gasteiger partial charge in [0, 0.05) is 17.7 Å². The van der Waals surface area contributed by atoms with Crippen molar-refractivity contribution in [2.45, 2.75) is 39.7 Å². The first kappa shape index (κ1) is 23.7. The van der Waals surface area contributed by atoms with Gasteiger partial charge in [-0.05, 0) is 45.2 Å². The van der Waals surface area contributed by atoms with Crippen molar-refractivity contribution in [3.05, 3.63) is 70.9 Å². The zero-order valence-corrected chi connectivity index (χ0v) is 19.7. The van der Waals surface area contributed by atoms with E-state index in [9.17, 15) is 9.59 Å². The molecule has 1 unspecified atom stereocenters.